The van der Waals surface area contributed by atoms with Gasteiger partial charge in [0.05, 0.1) is 5.60 Å². The van der Waals surface area contributed by atoms with Gasteiger partial charge in [-0.3, -0.25) is 4.79 Å². The van der Waals surface area contributed by atoms with Crippen molar-refractivity contribution >= 4 is 5.91 Å². The quantitative estimate of drug-likeness (QED) is 0.812. The number of nitrogens with one attached hydrogen (secondary N) is 1. The molecule has 1 fully saturated rings. The normalized spacial score (nSPS) is 18.6. The summed E-state index contributed by atoms with van der Waals surface area (Å²) in [5.74, 6) is 0.366. The Morgan fingerprint density at radius 3 is 2.68 bits per heavy atom. The van der Waals surface area contributed by atoms with Crippen LogP contribution in [0.1, 0.15) is 38.2 Å². The highest BCUT2D eigenvalue weighted by molar-refractivity contribution is 5.76. The Kier molecular flexibility index (Phi) is 6.40. The van der Waals surface area contributed by atoms with Crippen LogP contribution in [0.5, 0.6) is 0 Å². The Balaban J connectivity index is 1.65. The number of rotatable bonds is 7. The molecule has 1 atom stereocenters. The highest BCUT2D eigenvalue weighted by Gasteiger charge is 2.30. The summed E-state index contributed by atoms with van der Waals surface area (Å²) >= 11 is 0. The molecule has 22 heavy (non-hydrogen) atoms. The second-order valence-electron chi connectivity index (χ2n) is 6.45. The second-order valence-corrected chi connectivity index (χ2v) is 6.45. The molecular formula is C18H27NO3. The van der Waals surface area contributed by atoms with Crippen molar-refractivity contribution in [3.8, 4) is 0 Å². The van der Waals surface area contributed by atoms with Gasteiger partial charge < -0.3 is 15.2 Å². The zero-order chi connectivity index (χ0) is 15.8. The van der Waals surface area contributed by atoms with E-state index in [9.17, 15) is 9.90 Å². The second kappa shape index (κ2) is 8.30. The molecule has 1 amide bonds. The predicted molar refractivity (Wildman–Crippen MR) is 86.6 cm³/mol. The Labute approximate surface area is 132 Å². The molecule has 1 heterocycles. The molecule has 0 aliphatic carbocycles. The van der Waals surface area contributed by atoms with Gasteiger partial charge >= 0.3 is 0 Å². The SMILES string of the molecule is CC(CCc1ccccc1)CC(=O)NCC1(O)CCOCC1. The molecule has 1 aromatic carbocycles. The first-order valence-electron chi connectivity index (χ1n) is 8.18. The lowest BCUT2D eigenvalue weighted by molar-refractivity contribution is -0.124. The van der Waals surface area contributed by atoms with Gasteiger partial charge in [-0.15, -0.1) is 0 Å². The van der Waals surface area contributed by atoms with Crippen molar-refractivity contribution in [3.05, 3.63) is 35.9 Å². The van der Waals surface area contributed by atoms with Crippen LogP contribution >= 0.6 is 0 Å². The molecule has 122 valence electrons. The van der Waals surface area contributed by atoms with Gasteiger partial charge in [0.25, 0.3) is 0 Å². The van der Waals surface area contributed by atoms with Gasteiger partial charge in [-0.2, -0.15) is 0 Å². The predicted octanol–water partition coefficient (Wildman–Crippen LogP) is 2.30. The van der Waals surface area contributed by atoms with Crippen molar-refractivity contribution in [1.82, 2.24) is 5.32 Å². The Hall–Kier alpha value is -1.39. The Morgan fingerprint density at radius 2 is 2.00 bits per heavy atom. The van der Waals surface area contributed by atoms with Crippen LogP contribution < -0.4 is 5.32 Å². The molecule has 1 aliphatic rings. The van der Waals surface area contributed by atoms with Crippen LogP contribution in [-0.2, 0) is 16.0 Å². The molecule has 2 N–H and O–H groups in total. The van der Waals surface area contributed by atoms with Crippen LogP contribution in [0.15, 0.2) is 30.3 Å². The lowest BCUT2D eigenvalue weighted by Crippen LogP contribution is -2.46. The maximum atomic E-state index is 12.0. The third kappa shape index (κ3) is 5.78. The third-order valence-electron chi connectivity index (χ3n) is 4.34. The lowest BCUT2D eigenvalue weighted by Gasteiger charge is -2.32. The highest BCUT2D eigenvalue weighted by atomic mass is 16.5. The van der Waals surface area contributed by atoms with Crippen molar-refractivity contribution in [2.75, 3.05) is 19.8 Å². The molecular weight excluding hydrogens is 278 g/mol. The molecule has 4 heteroatoms. The van der Waals surface area contributed by atoms with Gasteiger partial charge in [-0.25, -0.2) is 0 Å². The number of amides is 1. The zero-order valence-electron chi connectivity index (χ0n) is 13.4. The van der Waals surface area contributed by atoms with Crippen LogP contribution in [0.4, 0.5) is 0 Å². The summed E-state index contributed by atoms with van der Waals surface area (Å²) in [6.07, 6.45) is 3.69. The first-order chi connectivity index (χ1) is 10.6. The van der Waals surface area contributed by atoms with Crippen molar-refractivity contribution in [2.45, 2.75) is 44.6 Å². The molecule has 0 spiro atoms. The molecule has 2 rings (SSSR count). The van der Waals surface area contributed by atoms with Gasteiger partial charge in [0.15, 0.2) is 0 Å². The molecule has 0 aromatic heterocycles. The van der Waals surface area contributed by atoms with Crippen molar-refractivity contribution in [3.63, 3.8) is 0 Å². The Bertz CT molecular complexity index is 455. The summed E-state index contributed by atoms with van der Waals surface area (Å²) in [6.45, 7) is 3.58. The maximum absolute atomic E-state index is 12.0. The monoisotopic (exact) mass is 305 g/mol. The number of hydrogen-bond acceptors (Lipinski definition) is 3. The summed E-state index contributed by atoms with van der Waals surface area (Å²) < 4.78 is 5.24. The van der Waals surface area contributed by atoms with E-state index in [1.165, 1.54) is 5.56 Å². The van der Waals surface area contributed by atoms with E-state index in [1.54, 1.807) is 0 Å². The minimum absolute atomic E-state index is 0.0282. The smallest absolute Gasteiger partial charge is 0.220 e. The third-order valence-corrected chi connectivity index (χ3v) is 4.34. The summed E-state index contributed by atoms with van der Waals surface area (Å²) in [7, 11) is 0. The highest BCUT2D eigenvalue weighted by Crippen LogP contribution is 2.19. The number of aryl methyl sites for hydroxylation is 1. The minimum atomic E-state index is -0.790. The van der Waals surface area contributed by atoms with Gasteiger partial charge in [0, 0.05) is 39.0 Å². The zero-order valence-corrected chi connectivity index (χ0v) is 13.4. The minimum Gasteiger partial charge on any atom is -0.388 e. The number of carbonyl (C=O) groups excluding carboxylic acids is 1. The fraction of sp³-hybridized carbons (Fsp3) is 0.611. The van der Waals surface area contributed by atoms with Crippen molar-refractivity contribution < 1.29 is 14.6 Å². The van der Waals surface area contributed by atoms with E-state index in [4.69, 9.17) is 4.74 Å². The van der Waals surface area contributed by atoms with E-state index in [1.807, 2.05) is 18.2 Å². The van der Waals surface area contributed by atoms with E-state index >= 15 is 0 Å². The van der Waals surface area contributed by atoms with E-state index in [-0.39, 0.29) is 5.91 Å². The summed E-state index contributed by atoms with van der Waals surface area (Å²) in [6, 6.07) is 10.3. The van der Waals surface area contributed by atoms with Crippen LogP contribution in [0.25, 0.3) is 0 Å². The Morgan fingerprint density at radius 1 is 1.32 bits per heavy atom. The van der Waals surface area contributed by atoms with E-state index in [2.05, 4.69) is 24.4 Å². The van der Waals surface area contributed by atoms with Gasteiger partial charge in [-0.1, -0.05) is 37.3 Å². The van der Waals surface area contributed by atoms with E-state index in [0.717, 1.165) is 12.8 Å². The number of hydrogen-bond donors (Lipinski definition) is 2. The van der Waals surface area contributed by atoms with Gasteiger partial charge in [-0.05, 0) is 24.3 Å². The summed E-state index contributed by atoms with van der Waals surface area (Å²) in [4.78, 5) is 12.0. The molecule has 1 unspecified atom stereocenters. The van der Waals surface area contributed by atoms with Gasteiger partial charge in [0.1, 0.15) is 0 Å². The number of benzene rings is 1. The average molecular weight is 305 g/mol. The van der Waals surface area contributed by atoms with E-state index < -0.39 is 5.60 Å². The summed E-state index contributed by atoms with van der Waals surface area (Å²) in [5, 5.41) is 13.2. The maximum Gasteiger partial charge on any atom is 0.220 e. The molecule has 0 radical (unpaired) electrons. The van der Waals surface area contributed by atoms with Crippen LogP contribution in [0, 0.1) is 5.92 Å². The first-order valence-corrected chi connectivity index (χ1v) is 8.18. The molecule has 0 bridgehead atoms. The van der Waals surface area contributed by atoms with Crippen LogP contribution in [0.3, 0.4) is 0 Å². The molecule has 0 saturated carbocycles. The largest absolute Gasteiger partial charge is 0.388 e. The molecule has 1 aromatic rings. The van der Waals surface area contributed by atoms with E-state index in [0.29, 0.717) is 44.9 Å². The molecule has 4 nitrogen and oxygen atoms in total. The standard InChI is InChI=1S/C18H27NO3/c1-15(7-8-16-5-3-2-4-6-16)13-17(20)19-14-18(21)9-11-22-12-10-18/h2-6,15,21H,7-14H2,1H3,(H,19,20). The van der Waals surface area contributed by atoms with Crippen molar-refractivity contribution in [1.29, 1.82) is 0 Å². The number of ether oxygens (including phenoxy) is 1. The fourth-order valence-corrected chi connectivity index (χ4v) is 2.74. The van der Waals surface area contributed by atoms with Gasteiger partial charge in [0.2, 0.25) is 5.91 Å². The first kappa shape index (κ1) is 17.0. The molecule has 1 saturated heterocycles. The van der Waals surface area contributed by atoms with Crippen LogP contribution in [-0.4, -0.2) is 36.4 Å². The average Bonchev–Trinajstić information content (AvgIpc) is 2.53. The number of aliphatic hydroxyl groups is 1. The van der Waals surface area contributed by atoms with Crippen LogP contribution in [0.2, 0.25) is 0 Å². The summed E-state index contributed by atoms with van der Waals surface area (Å²) in [5.41, 5.74) is 0.521. The number of carbonyl (C=O) groups is 1. The lowest BCUT2D eigenvalue weighted by atomic mass is 9.94. The fourth-order valence-electron chi connectivity index (χ4n) is 2.74. The topological polar surface area (TPSA) is 58.6 Å². The van der Waals surface area contributed by atoms with Crippen molar-refractivity contribution in [2.24, 2.45) is 5.92 Å². The molecule has 1 aliphatic heterocycles.